The van der Waals surface area contributed by atoms with Crippen molar-refractivity contribution in [1.82, 2.24) is 0 Å². The first-order valence-electron chi connectivity index (χ1n) is 5.31. The van der Waals surface area contributed by atoms with Gasteiger partial charge in [-0.25, -0.2) is 4.39 Å². The lowest BCUT2D eigenvalue weighted by Crippen LogP contribution is -2.29. The van der Waals surface area contributed by atoms with Crippen molar-refractivity contribution >= 4 is 33.5 Å². The molecule has 0 saturated heterocycles. The van der Waals surface area contributed by atoms with Gasteiger partial charge in [0, 0.05) is 11.6 Å². The molecule has 0 bridgehead atoms. The summed E-state index contributed by atoms with van der Waals surface area (Å²) in [6.45, 7) is 3.00. The molecule has 6 heteroatoms. The SMILES string of the molecule is CC(C(=O)O)C(C)C(=O)Nc1ccc(F)c(Br)c1. The Morgan fingerprint density at radius 3 is 2.44 bits per heavy atom. The third kappa shape index (κ3) is 3.53. The highest BCUT2D eigenvalue weighted by atomic mass is 79.9. The lowest BCUT2D eigenvalue weighted by Gasteiger charge is -2.15. The maximum atomic E-state index is 13.0. The fourth-order valence-corrected chi connectivity index (χ4v) is 1.65. The summed E-state index contributed by atoms with van der Waals surface area (Å²) in [5.41, 5.74) is 0.415. The zero-order valence-electron chi connectivity index (χ0n) is 9.91. The Balaban J connectivity index is 2.75. The van der Waals surface area contributed by atoms with Crippen molar-refractivity contribution in [2.45, 2.75) is 13.8 Å². The van der Waals surface area contributed by atoms with Crippen LogP contribution in [0, 0.1) is 17.7 Å². The van der Waals surface area contributed by atoms with E-state index in [4.69, 9.17) is 5.11 Å². The average Bonchev–Trinajstić information content (AvgIpc) is 2.31. The summed E-state index contributed by atoms with van der Waals surface area (Å²) in [6, 6.07) is 4.05. The number of carboxylic acid groups (broad SMARTS) is 1. The molecule has 0 aliphatic carbocycles. The first-order valence-corrected chi connectivity index (χ1v) is 6.11. The minimum absolute atomic E-state index is 0.235. The highest BCUT2D eigenvalue weighted by molar-refractivity contribution is 9.10. The van der Waals surface area contributed by atoms with E-state index in [0.717, 1.165) is 0 Å². The predicted octanol–water partition coefficient (Wildman–Crippen LogP) is 2.88. The number of carbonyl (C=O) groups excluding carboxylic acids is 1. The molecule has 0 aliphatic heterocycles. The third-order valence-corrected chi connectivity index (χ3v) is 3.35. The number of aliphatic carboxylic acids is 1. The number of rotatable bonds is 4. The average molecular weight is 318 g/mol. The summed E-state index contributed by atoms with van der Waals surface area (Å²) in [5, 5.41) is 11.4. The smallest absolute Gasteiger partial charge is 0.307 e. The van der Waals surface area contributed by atoms with Gasteiger partial charge in [-0.1, -0.05) is 13.8 Å². The van der Waals surface area contributed by atoms with Gasteiger partial charge in [-0.2, -0.15) is 0 Å². The molecule has 0 fully saturated rings. The highest BCUT2D eigenvalue weighted by Gasteiger charge is 2.25. The molecule has 0 radical (unpaired) electrons. The van der Waals surface area contributed by atoms with Crippen molar-refractivity contribution in [3.05, 3.63) is 28.5 Å². The quantitative estimate of drug-likeness (QED) is 0.897. The third-order valence-electron chi connectivity index (χ3n) is 2.74. The van der Waals surface area contributed by atoms with Gasteiger partial charge in [0.15, 0.2) is 0 Å². The number of benzene rings is 1. The summed E-state index contributed by atoms with van der Waals surface area (Å²) in [4.78, 5) is 22.5. The molecule has 0 spiro atoms. The van der Waals surface area contributed by atoms with Crippen LogP contribution in [0.15, 0.2) is 22.7 Å². The van der Waals surface area contributed by atoms with Crippen LogP contribution in [0.2, 0.25) is 0 Å². The Morgan fingerprint density at radius 1 is 1.33 bits per heavy atom. The molecule has 1 aromatic rings. The van der Waals surface area contributed by atoms with Gasteiger partial charge in [0.1, 0.15) is 5.82 Å². The normalized spacial score (nSPS) is 13.8. The number of anilines is 1. The second kappa shape index (κ2) is 5.95. The number of carboxylic acids is 1. The minimum Gasteiger partial charge on any atom is -0.481 e. The largest absolute Gasteiger partial charge is 0.481 e. The molecule has 2 N–H and O–H groups in total. The summed E-state index contributed by atoms with van der Waals surface area (Å²) in [5.74, 6) is -3.33. The van der Waals surface area contributed by atoms with Crippen molar-refractivity contribution in [3.63, 3.8) is 0 Å². The summed E-state index contributed by atoms with van der Waals surface area (Å²) >= 11 is 3.00. The standard InChI is InChI=1S/C12H13BrFNO3/c1-6(7(2)12(17)18)11(16)15-8-3-4-10(14)9(13)5-8/h3-7H,1-2H3,(H,15,16)(H,17,18). The van der Waals surface area contributed by atoms with Crippen LogP contribution in [0.3, 0.4) is 0 Å². The second-order valence-electron chi connectivity index (χ2n) is 4.03. The van der Waals surface area contributed by atoms with E-state index >= 15 is 0 Å². The van der Waals surface area contributed by atoms with E-state index in [1.807, 2.05) is 0 Å². The number of carbonyl (C=O) groups is 2. The Labute approximate surface area is 112 Å². The first-order chi connectivity index (χ1) is 8.32. The summed E-state index contributed by atoms with van der Waals surface area (Å²) in [6.07, 6.45) is 0. The van der Waals surface area contributed by atoms with Gasteiger partial charge in [0.25, 0.3) is 0 Å². The number of amides is 1. The molecule has 0 heterocycles. The molecule has 2 atom stereocenters. The molecule has 0 aliphatic rings. The fourth-order valence-electron chi connectivity index (χ4n) is 1.27. The Bertz CT molecular complexity index is 478. The molecule has 4 nitrogen and oxygen atoms in total. The Hall–Kier alpha value is -1.43. The maximum absolute atomic E-state index is 13.0. The summed E-state index contributed by atoms with van der Waals surface area (Å²) in [7, 11) is 0. The van der Waals surface area contributed by atoms with Crippen LogP contribution >= 0.6 is 15.9 Å². The van der Waals surface area contributed by atoms with Gasteiger partial charge < -0.3 is 10.4 Å². The number of halogens is 2. The lowest BCUT2D eigenvalue weighted by molar-refractivity contribution is -0.145. The number of nitrogens with one attached hydrogen (secondary N) is 1. The van der Waals surface area contributed by atoms with Crippen LogP contribution in [0.4, 0.5) is 10.1 Å². The van der Waals surface area contributed by atoms with E-state index in [1.54, 1.807) is 0 Å². The molecule has 2 unspecified atom stereocenters. The van der Waals surface area contributed by atoms with Crippen molar-refractivity contribution in [1.29, 1.82) is 0 Å². The summed E-state index contributed by atoms with van der Waals surface area (Å²) < 4.78 is 13.2. The van der Waals surface area contributed by atoms with E-state index in [0.29, 0.717) is 5.69 Å². The van der Waals surface area contributed by atoms with Crippen LogP contribution in [0.25, 0.3) is 0 Å². The van der Waals surface area contributed by atoms with Gasteiger partial charge in [-0.15, -0.1) is 0 Å². The topological polar surface area (TPSA) is 66.4 Å². The van der Waals surface area contributed by atoms with Crippen LogP contribution in [-0.4, -0.2) is 17.0 Å². The molecule has 0 aromatic heterocycles. The Kier molecular flexibility index (Phi) is 4.84. The number of hydrogen-bond acceptors (Lipinski definition) is 2. The zero-order valence-corrected chi connectivity index (χ0v) is 11.5. The van der Waals surface area contributed by atoms with Crippen LogP contribution in [0.1, 0.15) is 13.8 Å². The van der Waals surface area contributed by atoms with E-state index in [-0.39, 0.29) is 4.47 Å². The molecule has 0 saturated carbocycles. The Morgan fingerprint density at radius 2 is 1.94 bits per heavy atom. The van der Waals surface area contributed by atoms with Crippen molar-refractivity contribution < 1.29 is 19.1 Å². The van der Waals surface area contributed by atoms with Gasteiger partial charge in [0.05, 0.1) is 10.4 Å². The fraction of sp³-hybridized carbons (Fsp3) is 0.333. The molecular weight excluding hydrogens is 305 g/mol. The van der Waals surface area contributed by atoms with Gasteiger partial charge in [-0.3, -0.25) is 9.59 Å². The number of hydrogen-bond donors (Lipinski definition) is 2. The monoisotopic (exact) mass is 317 g/mol. The molecule has 18 heavy (non-hydrogen) atoms. The first kappa shape index (κ1) is 14.6. The molecule has 1 aromatic carbocycles. The van der Waals surface area contributed by atoms with E-state index in [1.165, 1.54) is 32.0 Å². The maximum Gasteiger partial charge on any atom is 0.307 e. The van der Waals surface area contributed by atoms with Gasteiger partial charge in [-0.05, 0) is 34.1 Å². The van der Waals surface area contributed by atoms with Crippen molar-refractivity contribution in [2.75, 3.05) is 5.32 Å². The van der Waals surface area contributed by atoms with Crippen LogP contribution < -0.4 is 5.32 Å². The van der Waals surface area contributed by atoms with Crippen molar-refractivity contribution in [2.24, 2.45) is 11.8 Å². The molecular formula is C12H13BrFNO3. The van der Waals surface area contributed by atoms with E-state index in [2.05, 4.69) is 21.2 Å². The molecule has 98 valence electrons. The van der Waals surface area contributed by atoms with Crippen LogP contribution in [0.5, 0.6) is 0 Å². The van der Waals surface area contributed by atoms with Gasteiger partial charge in [0.2, 0.25) is 5.91 Å². The van der Waals surface area contributed by atoms with E-state index < -0.39 is 29.5 Å². The predicted molar refractivity (Wildman–Crippen MR) is 68.7 cm³/mol. The molecule has 1 amide bonds. The highest BCUT2D eigenvalue weighted by Crippen LogP contribution is 2.21. The van der Waals surface area contributed by atoms with E-state index in [9.17, 15) is 14.0 Å². The molecule has 1 rings (SSSR count). The van der Waals surface area contributed by atoms with Gasteiger partial charge >= 0.3 is 5.97 Å². The van der Waals surface area contributed by atoms with Crippen molar-refractivity contribution in [3.8, 4) is 0 Å². The minimum atomic E-state index is -1.03. The van der Waals surface area contributed by atoms with Crippen LogP contribution in [-0.2, 0) is 9.59 Å². The second-order valence-corrected chi connectivity index (χ2v) is 4.89. The lowest BCUT2D eigenvalue weighted by atomic mass is 9.95. The zero-order chi connectivity index (χ0) is 13.9.